The Kier molecular flexibility index (Phi) is 10.6. The van der Waals surface area contributed by atoms with E-state index in [9.17, 15) is 9.59 Å². The highest BCUT2D eigenvalue weighted by molar-refractivity contribution is 6.29. The van der Waals surface area contributed by atoms with Gasteiger partial charge in [-0.05, 0) is 123 Å². The molecule has 1 fully saturated rings. The summed E-state index contributed by atoms with van der Waals surface area (Å²) in [5.41, 5.74) is 7.66. The van der Waals surface area contributed by atoms with Gasteiger partial charge >= 0.3 is 0 Å². The van der Waals surface area contributed by atoms with Crippen molar-refractivity contribution in [3.63, 3.8) is 0 Å². The molecule has 1 aliphatic heterocycles. The van der Waals surface area contributed by atoms with Crippen LogP contribution in [-0.2, 0) is 11.8 Å². The molecule has 0 saturated heterocycles. The van der Waals surface area contributed by atoms with Crippen molar-refractivity contribution in [3.8, 4) is 28.7 Å². The Labute approximate surface area is 325 Å². The summed E-state index contributed by atoms with van der Waals surface area (Å²) in [4.78, 5) is 26.8. The van der Waals surface area contributed by atoms with Gasteiger partial charge in [0, 0.05) is 11.1 Å². The fraction of sp³-hybridized carbons (Fsp3) is 0.333. The average Bonchev–Trinajstić information content (AvgIpc) is 3.98. The van der Waals surface area contributed by atoms with Crippen LogP contribution in [0.3, 0.4) is 0 Å². The second kappa shape index (κ2) is 14.9. The highest BCUT2D eigenvalue weighted by atomic mass is 16.5. The number of hydrogen-bond acceptors (Lipinski definition) is 7. The standard InChI is InChI=1S/C25H28O3.C23H24O4/c1-16-6-8-18(14-21(16)27-4)25(12-13-25)23(26)20-9-7-17-15-24(2,3)11-10-19(17)22(20)28-5;1-14-7-8-16(13-20(14)25-5)15(2)21(24)18-9-10-19-17(22(18)26-6)11-12-23(3,4)27-19/h6-11,14H,12-13,15H2,1-5H3;7-13H,2H2,1,3-6H3. The number of fused-ring (bicyclic) bond motifs is 2. The van der Waals surface area contributed by atoms with Crippen molar-refractivity contribution in [2.24, 2.45) is 5.41 Å². The van der Waals surface area contributed by atoms with Crippen LogP contribution in [0.25, 0.3) is 17.7 Å². The average molecular weight is 741 g/mol. The fourth-order valence-corrected chi connectivity index (χ4v) is 7.51. The maximum Gasteiger partial charge on any atom is 0.196 e. The zero-order chi connectivity index (χ0) is 39.9. The van der Waals surface area contributed by atoms with Crippen molar-refractivity contribution in [3.05, 3.63) is 129 Å². The van der Waals surface area contributed by atoms with Crippen LogP contribution < -0.4 is 23.7 Å². The summed E-state index contributed by atoms with van der Waals surface area (Å²) in [6, 6.07) is 19.3. The van der Waals surface area contributed by atoms with Gasteiger partial charge in [0.1, 0.15) is 34.3 Å². The number of rotatable bonds is 10. The maximum absolute atomic E-state index is 13.7. The van der Waals surface area contributed by atoms with Crippen molar-refractivity contribution in [1.82, 2.24) is 0 Å². The zero-order valence-corrected chi connectivity index (χ0v) is 33.8. The molecule has 0 radical (unpaired) electrons. The molecule has 7 nitrogen and oxygen atoms in total. The van der Waals surface area contributed by atoms with Crippen molar-refractivity contribution in [2.75, 3.05) is 28.4 Å². The molecule has 0 spiro atoms. The van der Waals surface area contributed by atoms with Crippen LogP contribution in [0.2, 0.25) is 0 Å². The smallest absolute Gasteiger partial charge is 0.196 e. The molecule has 0 amide bonds. The Morgan fingerprint density at radius 3 is 1.93 bits per heavy atom. The number of benzene rings is 4. The molecule has 0 unspecified atom stereocenters. The predicted molar refractivity (Wildman–Crippen MR) is 220 cm³/mol. The fourth-order valence-electron chi connectivity index (χ4n) is 7.51. The Morgan fingerprint density at radius 2 is 1.29 bits per heavy atom. The van der Waals surface area contributed by atoms with Crippen LogP contribution in [0.4, 0.5) is 0 Å². The number of ether oxygens (including phenoxy) is 5. The second-order valence-electron chi connectivity index (χ2n) is 15.9. The van der Waals surface area contributed by atoms with E-state index in [2.05, 4.69) is 44.7 Å². The van der Waals surface area contributed by atoms with Crippen molar-refractivity contribution in [1.29, 1.82) is 0 Å². The van der Waals surface area contributed by atoms with Gasteiger partial charge in [-0.2, -0.15) is 0 Å². The molecule has 7 heteroatoms. The number of ketones is 2. The maximum atomic E-state index is 13.7. The van der Waals surface area contributed by atoms with Gasteiger partial charge < -0.3 is 23.7 Å². The van der Waals surface area contributed by atoms with E-state index in [0.717, 1.165) is 64.1 Å². The topological polar surface area (TPSA) is 80.3 Å². The minimum Gasteiger partial charge on any atom is -0.496 e. The van der Waals surface area contributed by atoms with E-state index in [-0.39, 0.29) is 17.0 Å². The molecule has 1 saturated carbocycles. The van der Waals surface area contributed by atoms with Crippen molar-refractivity contribution in [2.45, 2.75) is 71.8 Å². The number of hydrogen-bond donors (Lipinski definition) is 0. The zero-order valence-electron chi connectivity index (χ0n) is 33.8. The third kappa shape index (κ3) is 7.57. The van der Waals surface area contributed by atoms with Crippen LogP contribution in [-0.4, -0.2) is 45.6 Å². The number of allylic oxidation sites excluding steroid dienone is 2. The van der Waals surface area contributed by atoms with E-state index in [0.29, 0.717) is 33.9 Å². The monoisotopic (exact) mass is 740 g/mol. The van der Waals surface area contributed by atoms with E-state index in [1.54, 1.807) is 40.6 Å². The Bertz CT molecular complexity index is 2250. The summed E-state index contributed by atoms with van der Waals surface area (Å²) in [6.07, 6.45) is 10.9. The number of carbonyl (C=O) groups is 2. The lowest BCUT2D eigenvalue weighted by molar-refractivity contribution is 0.0942. The number of Topliss-reactive ketones (excluding diaryl/α,β-unsaturated/α-hetero) is 2. The predicted octanol–water partition coefficient (Wildman–Crippen LogP) is 10.6. The molecule has 0 N–H and O–H groups in total. The van der Waals surface area contributed by atoms with Gasteiger partial charge in [-0.15, -0.1) is 0 Å². The van der Waals surface area contributed by atoms with Gasteiger partial charge in [0.15, 0.2) is 11.6 Å². The van der Waals surface area contributed by atoms with Crippen LogP contribution in [0.15, 0.2) is 79.4 Å². The van der Waals surface area contributed by atoms with E-state index in [1.165, 1.54) is 5.56 Å². The first kappa shape index (κ1) is 39.1. The molecule has 55 heavy (non-hydrogen) atoms. The SMILES string of the molecule is C=C(C(=O)c1ccc2c(c1OC)C=CC(C)(C)O2)c1ccc(C)c(OC)c1.COc1cc(C2(C(=O)c3ccc4c(c3OC)C=CC(C)(C)C4)CC2)ccc1C. The molecule has 0 atom stereocenters. The summed E-state index contributed by atoms with van der Waals surface area (Å²) in [5.74, 6) is 3.40. The van der Waals surface area contributed by atoms with E-state index < -0.39 is 11.0 Å². The van der Waals surface area contributed by atoms with Gasteiger partial charge in [0.25, 0.3) is 0 Å². The molecule has 1 heterocycles. The second-order valence-corrected chi connectivity index (χ2v) is 15.9. The molecule has 0 bridgehead atoms. The molecule has 286 valence electrons. The number of aryl methyl sites for hydroxylation is 2. The normalized spacial score (nSPS) is 16.3. The molecule has 7 rings (SSSR count). The minimum atomic E-state index is -0.458. The van der Waals surface area contributed by atoms with E-state index >= 15 is 0 Å². The first-order valence-electron chi connectivity index (χ1n) is 18.7. The molecule has 4 aromatic carbocycles. The largest absolute Gasteiger partial charge is 0.496 e. The Hall–Kier alpha value is -5.56. The summed E-state index contributed by atoms with van der Waals surface area (Å²) < 4.78 is 28.1. The lowest BCUT2D eigenvalue weighted by Crippen LogP contribution is -2.27. The van der Waals surface area contributed by atoms with Crippen LogP contribution in [0, 0.1) is 19.3 Å². The highest BCUT2D eigenvalue weighted by Gasteiger charge is 2.52. The first-order chi connectivity index (χ1) is 26.1. The van der Waals surface area contributed by atoms with Gasteiger partial charge in [-0.3, -0.25) is 9.59 Å². The lowest BCUT2D eigenvalue weighted by atomic mass is 9.77. The quantitative estimate of drug-likeness (QED) is 0.118. The van der Waals surface area contributed by atoms with Crippen LogP contribution in [0.5, 0.6) is 28.7 Å². The van der Waals surface area contributed by atoms with E-state index in [4.69, 9.17) is 23.7 Å². The van der Waals surface area contributed by atoms with Gasteiger partial charge in [-0.25, -0.2) is 0 Å². The summed E-state index contributed by atoms with van der Waals surface area (Å²) >= 11 is 0. The molecule has 3 aliphatic rings. The van der Waals surface area contributed by atoms with E-state index in [1.807, 2.05) is 76.2 Å². The molecular weight excluding hydrogens is 689 g/mol. The third-order valence-electron chi connectivity index (χ3n) is 10.9. The summed E-state index contributed by atoms with van der Waals surface area (Å²) in [6.45, 7) is 16.4. The number of methoxy groups -OCH3 is 4. The molecular formula is C48H52O7. The van der Waals surface area contributed by atoms with Crippen molar-refractivity contribution >= 4 is 29.3 Å². The van der Waals surface area contributed by atoms with Crippen molar-refractivity contribution < 1.29 is 33.3 Å². The molecule has 0 aromatic heterocycles. The highest BCUT2D eigenvalue weighted by Crippen LogP contribution is 2.53. The summed E-state index contributed by atoms with van der Waals surface area (Å²) in [5, 5.41) is 0. The number of carbonyl (C=O) groups excluding carboxylic acids is 2. The van der Waals surface area contributed by atoms with Gasteiger partial charge in [0.2, 0.25) is 0 Å². The molecule has 2 aliphatic carbocycles. The minimum absolute atomic E-state index is 0.125. The Morgan fingerprint density at radius 1 is 0.691 bits per heavy atom. The van der Waals surface area contributed by atoms with Gasteiger partial charge in [-0.1, -0.05) is 62.9 Å². The summed E-state index contributed by atoms with van der Waals surface area (Å²) in [7, 11) is 6.50. The third-order valence-corrected chi connectivity index (χ3v) is 10.9. The lowest BCUT2D eigenvalue weighted by Gasteiger charge is -2.29. The first-order valence-corrected chi connectivity index (χ1v) is 18.7. The molecule has 4 aromatic rings. The Balaban J connectivity index is 0.000000187. The van der Waals surface area contributed by atoms with Crippen LogP contribution >= 0.6 is 0 Å². The van der Waals surface area contributed by atoms with Crippen LogP contribution in [0.1, 0.15) is 100 Å². The van der Waals surface area contributed by atoms with Gasteiger partial charge in [0.05, 0.1) is 50.5 Å².